The number of quaternary nitrogens is 1. The Labute approximate surface area is 93.2 Å². The third-order valence-electron chi connectivity index (χ3n) is 2.02. The average Bonchev–Trinajstić information content (AvgIpc) is 2.18. The number of hydrogen-bond acceptors (Lipinski definition) is 1. The van der Waals surface area contributed by atoms with Crippen molar-refractivity contribution in [2.45, 2.75) is 0 Å². The summed E-state index contributed by atoms with van der Waals surface area (Å²) < 4.78 is 0.529. The first-order valence-electron chi connectivity index (χ1n) is 4.02. The van der Waals surface area contributed by atoms with Crippen LogP contribution in [0.4, 0.5) is 10.5 Å². The second-order valence-electron chi connectivity index (χ2n) is 3.30. The molecular weight excluding hydrogens is 223 g/mol. The van der Waals surface area contributed by atoms with Crippen LogP contribution in [0, 0.1) is 0 Å². The van der Waals surface area contributed by atoms with E-state index in [0.29, 0.717) is 3.94 Å². The van der Waals surface area contributed by atoms with Gasteiger partial charge in [0.25, 0.3) is 0 Å². The zero-order chi connectivity index (χ0) is 10.8. The molecule has 0 aliphatic heterocycles. The van der Waals surface area contributed by atoms with E-state index in [4.69, 9.17) is 23.6 Å². The fraction of sp³-hybridized carbons (Fsp3) is 0.222. The highest BCUT2D eigenvalue weighted by atomic mass is 35.5. The molecule has 0 unspecified atom stereocenters. The fourth-order valence-corrected chi connectivity index (χ4v) is 1.48. The number of hydrogen-bond donors (Lipinski definition) is 0. The highest BCUT2D eigenvalue weighted by molar-refractivity contribution is 6.41. The van der Waals surface area contributed by atoms with E-state index in [9.17, 15) is 4.79 Å². The Balaban J connectivity index is 3.02. The molecule has 0 spiro atoms. The minimum absolute atomic E-state index is 0.0200. The van der Waals surface area contributed by atoms with Crippen LogP contribution in [0.3, 0.4) is 0 Å². The summed E-state index contributed by atoms with van der Waals surface area (Å²) in [6, 6.07) is 8.88. The van der Waals surface area contributed by atoms with Gasteiger partial charge in [0.05, 0.1) is 14.1 Å². The van der Waals surface area contributed by atoms with Gasteiger partial charge in [0.15, 0.2) is 0 Å². The van der Waals surface area contributed by atoms with Crippen molar-refractivity contribution in [3.63, 3.8) is 0 Å². The van der Waals surface area contributed by atoms with Crippen LogP contribution >= 0.6 is 23.6 Å². The normalized spacial score (nSPS) is 11.1. The van der Waals surface area contributed by atoms with Crippen LogP contribution in [0.25, 0.3) is 0 Å². The molecule has 0 N–H and O–H groups in total. The Morgan fingerprint density at radius 1 is 1.21 bits per heavy atom. The maximum Gasteiger partial charge on any atom is 0.453 e. The molecule has 0 fully saturated rings. The maximum atomic E-state index is 11.6. The zero-order valence-corrected chi connectivity index (χ0v) is 9.46. The topological polar surface area (TPSA) is 20.3 Å². The molecule has 3 nitrogen and oxygen atoms in total. The van der Waals surface area contributed by atoms with Crippen molar-refractivity contribution in [3.8, 4) is 0 Å². The molecular formula is C9H11Cl2N2O+. The predicted octanol–water partition coefficient (Wildman–Crippen LogP) is 2.98. The summed E-state index contributed by atoms with van der Waals surface area (Å²) in [5, 5.41) is 0. The van der Waals surface area contributed by atoms with Crippen molar-refractivity contribution in [1.29, 1.82) is 0 Å². The molecule has 1 aromatic carbocycles. The first kappa shape index (κ1) is 11.3. The number of rotatable bonds is 1. The molecule has 76 valence electrons. The van der Waals surface area contributed by atoms with Crippen molar-refractivity contribution in [2.75, 3.05) is 14.1 Å². The number of carbonyl (C=O) groups excluding carboxylic acids is 1. The predicted molar refractivity (Wildman–Crippen MR) is 59.0 cm³/mol. The summed E-state index contributed by atoms with van der Waals surface area (Å²) in [5.74, 6) is 0. The first-order valence-corrected chi connectivity index (χ1v) is 4.69. The van der Waals surface area contributed by atoms with Crippen molar-refractivity contribution < 1.29 is 4.79 Å². The van der Waals surface area contributed by atoms with E-state index in [1.807, 2.05) is 30.3 Å². The molecule has 2 amide bonds. The molecule has 0 saturated carbocycles. The summed E-state index contributed by atoms with van der Waals surface area (Å²) >= 11 is 10.8. The number of carbonyl (C=O) groups is 1. The highest BCUT2D eigenvalue weighted by Crippen LogP contribution is 2.21. The standard InChI is InChI=1S/C9H11Cl2N2O/c1-13(2,9(14)12(10)11)8-6-4-3-5-7-8/h3-7H,1-2H3/q+1. The van der Waals surface area contributed by atoms with Gasteiger partial charge in [-0.2, -0.15) is 0 Å². The van der Waals surface area contributed by atoms with E-state index in [2.05, 4.69) is 0 Å². The van der Waals surface area contributed by atoms with E-state index in [1.165, 1.54) is 0 Å². The third-order valence-corrected chi connectivity index (χ3v) is 2.31. The molecule has 0 saturated heterocycles. The van der Waals surface area contributed by atoms with E-state index in [0.717, 1.165) is 5.69 Å². The number of urea groups is 1. The Morgan fingerprint density at radius 3 is 2.14 bits per heavy atom. The number of amides is 2. The maximum absolute atomic E-state index is 11.6. The smallest absolute Gasteiger partial charge is 0.211 e. The zero-order valence-electron chi connectivity index (χ0n) is 7.95. The van der Waals surface area contributed by atoms with Crippen LogP contribution in [0.1, 0.15) is 0 Å². The molecule has 0 atom stereocenters. The minimum atomic E-state index is -0.403. The van der Waals surface area contributed by atoms with E-state index >= 15 is 0 Å². The van der Waals surface area contributed by atoms with Gasteiger partial charge in [-0.05, 0) is 12.1 Å². The summed E-state index contributed by atoms with van der Waals surface area (Å²) in [6.07, 6.45) is 0. The van der Waals surface area contributed by atoms with Crippen LogP contribution in [-0.2, 0) is 0 Å². The first-order chi connectivity index (χ1) is 6.46. The lowest BCUT2D eigenvalue weighted by atomic mass is 10.3. The van der Waals surface area contributed by atoms with E-state index in [1.54, 1.807) is 14.1 Å². The van der Waals surface area contributed by atoms with E-state index < -0.39 is 6.03 Å². The van der Waals surface area contributed by atoms with E-state index in [-0.39, 0.29) is 4.48 Å². The minimum Gasteiger partial charge on any atom is -0.211 e. The van der Waals surface area contributed by atoms with Gasteiger partial charge in [-0.15, -0.1) is 3.94 Å². The van der Waals surface area contributed by atoms with Gasteiger partial charge in [-0.25, -0.2) is 9.28 Å². The van der Waals surface area contributed by atoms with Gasteiger partial charge < -0.3 is 0 Å². The number of nitrogens with zero attached hydrogens (tertiary/aromatic N) is 2. The van der Waals surface area contributed by atoms with Gasteiger partial charge in [0.1, 0.15) is 5.69 Å². The molecule has 0 bridgehead atoms. The van der Waals surface area contributed by atoms with Gasteiger partial charge in [-0.1, -0.05) is 18.2 Å². The quantitative estimate of drug-likeness (QED) is 0.540. The Kier molecular flexibility index (Phi) is 3.37. The van der Waals surface area contributed by atoms with Gasteiger partial charge in [0, 0.05) is 23.6 Å². The van der Waals surface area contributed by atoms with Crippen LogP contribution < -0.4 is 4.48 Å². The van der Waals surface area contributed by atoms with Crippen LogP contribution in [0.15, 0.2) is 30.3 Å². The lowest BCUT2D eigenvalue weighted by molar-refractivity contribution is 0.212. The van der Waals surface area contributed by atoms with Crippen LogP contribution in [-0.4, -0.2) is 24.1 Å². The molecule has 1 aromatic rings. The largest absolute Gasteiger partial charge is 0.453 e. The van der Waals surface area contributed by atoms with Gasteiger partial charge >= 0.3 is 6.03 Å². The third kappa shape index (κ3) is 2.18. The summed E-state index contributed by atoms with van der Waals surface area (Å²) in [7, 11) is 3.44. The van der Waals surface area contributed by atoms with Crippen molar-refractivity contribution in [2.24, 2.45) is 0 Å². The summed E-state index contributed by atoms with van der Waals surface area (Å²) in [4.78, 5) is 11.6. The highest BCUT2D eigenvalue weighted by Gasteiger charge is 2.33. The second kappa shape index (κ2) is 4.17. The molecule has 5 heteroatoms. The number of benzene rings is 1. The Hall–Kier alpha value is -0.770. The Bertz CT molecular complexity index is 325. The summed E-state index contributed by atoms with van der Waals surface area (Å²) in [5.41, 5.74) is 0.823. The van der Waals surface area contributed by atoms with Gasteiger partial charge in [-0.3, -0.25) is 0 Å². The average molecular weight is 234 g/mol. The number of para-hydroxylation sites is 1. The van der Waals surface area contributed by atoms with Crippen LogP contribution in [0.2, 0.25) is 0 Å². The monoisotopic (exact) mass is 233 g/mol. The lowest BCUT2D eigenvalue weighted by Crippen LogP contribution is -2.49. The fourth-order valence-electron chi connectivity index (χ4n) is 1.10. The molecule has 14 heavy (non-hydrogen) atoms. The van der Waals surface area contributed by atoms with Crippen LogP contribution in [0.5, 0.6) is 0 Å². The molecule has 0 heterocycles. The number of halogens is 2. The van der Waals surface area contributed by atoms with Crippen molar-refractivity contribution in [1.82, 2.24) is 8.42 Å². The molecule has 0 aliphatic rings. The molecule has 1 rings (SSSR count). The SMILES string of the molecule is C[N+](C)(C(=O)N(Cl)Cl)c1ccccc1. The Morgan fingerprint density at radius 2 is 1.71 bits per heavy atom. The second-order valence-corrected chi connectivity index (χ2v) is 4.15. The molecule has 0 aromatic heterocycles. The molecule has 0 aliphatic carbocycles. The molecule has 0 radical (unpaired) electrons. The van der Waals surface area contributed by atoms with Crippen molar-refractivity contribution in [3.05, 3.63) is 30.3 Å². The lowest BCUT2D eigenvalue weighted by Gasteiger charge is -2.26. The summed E-state index contributed by atoms with van der Waals surface area (Å²) in [6.45, 7) is 0. The van der Waals surface area contributed by atoms with Gasteiger partial charge in [0.2, 0.25) is 0 Å². The van der Waals surface area contributed by atoms with Crippen molar-refractivity contribution >= 4 is 35.3 Å².